The molecule has 164 valence electrons. The second kappa shape index (κ2) is 10.1. The maximum atomic E-state index is 12.9. The van der Waals surface area contributed by atoms with E-state index in [0.717, 1.165) is 54.1 Å². The minimum atomic E-state index is -0.0949. The van der Waals surface area contributed by atoms with Crippen LogP contribution in [-0.4, -0.2) is 48.0 Å². The van der Waals surface area contributed by atoms with Crippen LogP contribution in [0.1, 0.15) is 36.4 Å². The number of benzene rings is 2. The Morgan fingerprint density at radius 2 is 1.81 bits per heavy atom. The molecule has 2 aliphatic heterocycles. The highest BCUT2D eigenvalue weighted by Gasteiger charge is 2.30. The molecule has 0 aromatic heterocycles. The molecule has 2 heterocycles. The fraction of sp³-hybridized carbons (Fsp3) is 0.417. The number of carbonyl (C=O) groups excluding carboxylic acids is 2. The van der Waals surface area contributed by atoms with Gasteiger partial charge in [-0.05, 0) is 49.6 Å². The Morgan fingerprint density at radius 1 is 1.03 bits per heavy atom. The summed E-state index contributed by atoms with van der Waals surface area (Å²) >= 11 is 1.35. The summed E-state index contributed by atoms with van der Waals surface area (Å²) < 4.78 is 11.5. The average molecular weight is 441 g/mol. The number of nitrogens with one attached hydrogen (secondary N) is 1. The first-order valence-corrected chi connectivity index (χ1v) is 11.9. The zero-order valence-corrected chi connectivity index (χ0v) is 18.6. The molecule has 0 radical (unpaired) electrons. The van der Waals surface area contributed by atoms with Crippen molar-refractivity contribution < 1.29 is 19.1 Å². The predicted octanol–water partition coefficient (Wildman–Crippen LogP) is 4.19. The van der Waals surface area contributed by atoms with Crippen molar-refractivity contribution in [2.45, 2.75) is 32.2 Å². The molecule has 0 bridgehead atoms. The second-order valence-electron chi connectivity index (χ2n) is 7.91. The van der Waals surface area contributed by atoms with Crippen molar-refractivity contribution in [1.29, 1.82) is 0 Å². The molecule has 2 aromatic rings. The lowest BCUT2D eigenvalue weighted by molar-refractivity contribution is -0.129. The Balaban J connectivity index is 1.30. The van der Waals surface area contributed by atoms with Crippen molar-refractivity contribution in [3.8, 4) is 11.5 Å². The minimum Gasteiger partial charge on any atom is -0.490 e. The molecule has 0 spiro atoms. The minimum absolute atomic E-state index is 0.0478. The highest BCUT2D eigenvalue weighted by molar-refractivity contribution is 8.00. The predicted molar refractivity (Wildman–Crippen MR) is 123 cm³/mol. The first-order chi connectivity index (χ1) is 15.1. The van der Waals surface area contributed by atoms with E-state index in [1.165, 1.54) is 11.8 Å². The third-order valence-corrected chi connectivity index (χ3v) is 6.44. The number of hydrogen-bond donors (Lipinski definition) is 1. The number of hydrogen-bond acceptors (Lipinski definition) is 5. The summed E-state index contributed by atoms with van der Waals surface area (Å²) in [6, 6.07) is 13.7. The summed E-state index contributed by atoms with van der Waals surface area (Å²) in [6.07, 6.45) is 2.78. The molecule has 1 saturated heterocycles. The summed E-state index contributed by atoms with van der Waals surface area (Å²) in [5, 5.41) is 2.87. The van der Waals surface area contributed by atoms with Crippen molar-refractivity contribution in [2.24, 2.45) is 0 Å². The van der Waals surface area contributed by atoms with E-state index in [2.05, 4.69) is 5.32 Å². The van der Waals surface area contributed by atoms with Gasteiger partial charge in [0.1, 0.15) is 0 Å². The van der Waals surface area contributed by atoms with Crippen LogP contribution in [0.15, 0.2) is 42.5 Å². The molecule has 0 unspecified atom stereocenters. The SMILES string of the molecule is Cc1ccc(NC(=O)CSCC(=O)N2CCC[C@@H]2c2ccc3c(c2)OCCCO3)cc1. The van der Waals surface area contributed by atoms with E-state index in [9.17, 15) is 9.59 Å². The topological polar surface area (TPSA) is 67.9 Å². The molecular weight excluding hydrogens is 412 g/mol. The Bertz CT molecular complexity index is 932. The monoisotopic (exact) mass is 440 g/mol. The van der Waals surface area contributed by atoms with Gasteiger partial charge in [0.25, 0.3) is 0 Å². The van der Waals surface area contributed by atoms with Crippen LogP contribution in [0, 0.1) is 6.92 Å². The molecule has 0 saturated carbocycles. The van der Waals surface area contributed by atoms with Crippen LogP contribution in [0.25, 0.3) is 0 Å². The van der Waals surface area contributed by atoms with Crippen LogP contribution < -0.4 is 14.8 Å². The Morgan fingerprint density at radius 3 is 2.61 bits per heavy atom. The van der Waals surface area contributed by atoms with Crippen molar-refractivity contribution in [1.82, 2.24) is 4.90 Å². The van der Waals surface area contributed by atoms with Gasteiger partial charge in [-0.3, -0.25) is 9.59 Å². The summed E-state index contributed by atoms with van der Waals surface area (Å²) in [6.45, 7) is 4.05. The third-order valence-electron chi connectivity index (χ3n) is 5.52. The third kappa shape index (κ3) is 5.53. The molecule has 1 atom stereocenters. The molecule has 6 nitrogen and oxygen atoms in total. The number of thioether (sulfide) groups is 1. The fourth-order valence-electron chi connectivity index (χ4n) is 3.95. The zero-order valence-electron chi connectivity index (χ0n) is 17.8. The molecule has 4 rings (SSSR count). The normalized spacial score (nSPS) is 17.8. The van der Waals surface area contributed by atoms with Gasteiger partial charge in [0, 0.05) is 18.7 Å². The number of anilines is 1. The van der Waals surface area contributed by atoms with Crippen LogP contribution in [0.5, 0.6) is 11.5 Å². The summed E-state index contributed by atoms with van der Waals surface area (Å²) in [5.74, 6) is 2.05. The van der Waals surface area contributed by atoms with E-state index in [-0.39, 0.29) is 23.6 Å². The molecule has 1 N–H and O–H groups in total. The smallest absolute Gasteiger partial charge is 0.234 e. The molecule has 1 fully saturated rings. The average Bonchev–Trinajstić information content (AvgIpc) is 3.14. The quantitative estimate of drug-likeness (QED) is 0.730. The maximum Gasteiger partial charge on any atom is 0.234 e. The van der Waals surface area contributed by atoms with Gasteiger partial charge < -0.3 is 19.7 Å². The number of carbonyl (C=O) groups is 2. The van der Waals surface area contributed by atoms with Gasteiger partial charge in [0.05, 0.1) is 30.8 Å². The molecule has 7 heteroatoms. The van der Waals surface area contributed by atoms with E-state index >= 15 is 0 Å². The zero-order chi connectivity index (χ0) is 21.6. The van der Waals surface area contributed by atoms with Gasteiger partial charge in [-0.25, -0.2) is 0 Å². The summed E-state index contributed by atoms with van der Waals surface area (Å²) in [4.78, 5) is 27.0. The second-order valence-corrected chi connectivity index (χ2v) is 8.89. The summed E-state index contributed by atoms with van der Waals surface area (Å²) in [5.41, 5.74) is 3.00. The van der Waals surface area contributed by atoms with Gasteiger partial charge in [0.15, 0.2) is 11.5 Å². The van der Waals surface area contributed by atoms with E-state index in [0.29, 0.717) is 19.0 Å². The fourth-order valence-corrected chi connectivity index (χ4v) is 4.65. The van der Waals surface area contributed by atoms with Crippen molar-refractivity contribution in [3.63, 3.8) is 0 Å². The van der Waals surface area contributed by atoms with Gasteiger partial charge >= 0.3 is 0 Å². The number of nitrogens with zero attached hydrogens (tertiary/aromatic N) is 1. The number of rotatable bonds is 6. The Hall–Kier alpha value is -2.67. The number of ether oxygens (including phenoxy) is 2. The lowest BCUT2D eigenvalue weighted by Gasteiger charge is -2.25. The molecule has 2 amide bonds. The van der Waals surface area contributed by atoms with Crippen LogP contribution >= 0.6 is 11.8 Å². The van der Waals surface area contributed by atoms with Crippen molar-refractivity contribution in [3.05, 3.63) is 53.6 Å². The van der Waals surface area contributed by atoms with Gasteiger partial charge in [0.2, 0.25) is 11.8 Å². The van der Waals surface area contributed by atoms with Crippen LogP contribution in [-0.2, 0) is 9.59 Å². The van der Waals surface area contributed by atoms with Crippen LogP contribution in [0.2, 0.25) is 0 Å². The van der Waals surface area contributed by atoms with Crippen LogP contribution in [0.4, 0.5) is 5.69 Å². The highest BCUT2D eigenvalue weighted by atomic mass is 32.2. The van der Waals surface area contributed by atoms with E-state index in [1.54, 1.807) is 0 Å². The molecule has 0 aliphatic carbocycles. The Labute approximate surface area is 187 Å². The first-order valence-electron chi connectivity index (χ1n) is 10.7. The molecule has 2 aliphatic rings. The van der Waals surface area contributed by atoms with Gasteiger partial charge in [-0.2, -0.15) is 0 Å². The van der Waals surface area contributed by atoms with Crippen molar-refractivity contribution in [2.75, 3.05) is 36.6 Å². The van der Waals surface area contributed by atoms with Crippen molar-refractivity contribution >= 4 is 29.3 Å². The lowest BCUT2D eigenvalue weighted by atomic mass is 10.0. The van der Waals surface area contributed by atoms with Crippen LogP contribution in [0.3, 0.4) is 0 Å². The largest absolute Gasteiger partial charge is 0.490 e. The lowest BCUT2D eigenvalue weighted by Crippen LogP contribution is -2.32. The molecule has 31 heavy (non-hydrogen) atoms. The van der Waals surface area contributed by atoms with E-state index in [1.807, 2.05) is 54.3 Å². The number of amides is 2. The van der Waals surface area contributed by atoms with Gasteiger partial charge in [-0.15, -0.1) is 11.8 Å². The highest BCUT2D eigenvalue weighted by Crippen LogP contribution is 2.38. The maximum absolute atomic E-state index is 12.9. The number of likely N-dealkylation sites (tertiary alicyclic amines) is 1. The summed E-state index contributed by atoms with van der Waals surface area (Å²) in [7, 11) is 0. The Kier molecular flexibility index (Phi) is 7.02. The number of fused-ring (bicyclic) bond motifs is 1. The van der Waals surface area contributed by atoms with Gasteiger partial charge in [-0.1, -0.05) is 23.8 Å². The first kappa shape index (κ1) is 21.6. The van der Waals surface area contributed by atoms with E-state index in [4.69, 9.17) is 9.47 Å². The van der Waals surface area contributed by atoms with E-state index < -0.39 is 0 Å². The molecular formula is C24H28N2O4S. The number of aryl methyl sites for hydroxylation is 1. The standard InChI is InChI=1S/C24H28N2O4S/c1-17-5-8-19(9-6-17)25-23(27)15-31-16-24(28)26-11-2-4-20(26)18-7-10-21-22(14-18)30-13-3-12-29-21/h5-10,14,20H,2-4,11-13,15-16H2,1H3,(H,25,27)/t20-/m1/s1. The molecule has 2 aromatic carbocycles.